The maximum Gasteiger partial charge on any atom is 0.107 e. The van der Waals surface area contributed by atoms with E-state index in [0.717, 1.165) is 5.69 Å². The minimum absolute atomic E-state index is 0.420. The van der Waals surface area contributed by atoms with Gasteiger partial charge in [-0.05, 0) is 12.0 Å². The molecular weight excluding hydrogens is 124 g/mol. The second-order valence-electron chi connectivity index (χ2n) is 2.39. The van der Waals surface area contributed by atoms with Crippen LogP contribution in [-0.2, 0) is 0 Å². The van der Waals surface area contributed by atoms with Gasteiger partial charge >= 0.3 is 0 Å². The third-order valence-electron chi connectivity index (χ3n) is 0.996. The summed E-state index contributed by atoms with van der Waals surface area (Å²) in [6.45, 7) is 4.12. The smallest absolute Gasteiger partial charge is 0.107 e. The normalized spacial score (nSPS) is 9.10. The number of aromatic amines is 1. The molecule has 0 spiro atoms. The molecule has 0 atom stereocenters. The van der Waals surface area contributed by atoms with Crippen molar-refractivity contribution in [2.24, 2.45) is 5.92 Å². The monoisotopic (exact) mass is 134 g/mol. The van der Waals surface area contributed by atoms with Gasteiger partial charge in [-0.2, -0.15) is 5.10 Å². The highest BCUT2D eigenvalue weighted by atomic mass is 15.1. The van der Waals surface area contributed by atoms with Crippen LogP contribution in [0.2, 0.25) is 0 Å². The molecule has 0 aromatic carbocycles. The molecule has 2 heteroatoms. The number of hydrogen-bond donors (Lipinski definition) is 1. The van der Waals surface area contributed by atoms with Gasteiger partial charge in [0.25, 0.3) is 0 Å². The molecule has 1 aromatic rings. The Bertz CT molecular complexity index is 236. The van der Waals surface area contributed by atoms with Crippen LogP contribution in [0.25, 0.3) is 0 Å². The molecule has 0 radical (unpaired) electrons. The van der Waals surface area contributed by atoms with E-state index in [1.165, 1.54) is 0 Å². The van der Waals surface area contributed by atoms with E-state index in [1.54, 1.807) is 6.20 Å². The summed E-state index contributed by atoms with van der Waals surface area (Å²) < 4.78 is 0. The van der Waals surface area contributed by atoms with Crippen molar-refractivity contribution in [2.45, 2.75) is 13.8 Å². The fourth-order valence-electron chi connectivity index (χ4n) is 0.548. The number of rotatable bonds is 0. The third kappa shape index (κ3) is 1.94. The van der Waals surface area contributed by atoms with Gasteiger partial charge in [-0.1, -0.05) is 19.8 Å². The number of aromatic nitrogens is 2. The molecule has 0 unspecified atom stereocenters. The highest BCUT2D eigenvalue weighted by Gasteiger charge is 1.84. The Morgan fingerprint density at radius 3 is 2.90 bits per heavy atom. The Morgan fingerprint density at radius 1 is 1.60 bits per heavy atom. The summed E-state index contributed by atoms with van der Waals surface area (Å²) in [5.41, 5.74) is 0.883. The molecule has 0 saturated heterocycles. The van der Waals surface area contributed by atoms with Crippen LogP contribution in [-0.4, -0.2) is 10.2 Å². The van der Waals surface area contributed by atoms with Gasteiger partial charge in [-0.3, -0.25) is 5.10 Å². The van der Waals surface area contributed by atoms with E-state index in [4.69, 9.17) is 0 Å². The maximum absolute atomic E-state index is 3.77. The van der Waals surface area contributed by atoms with Gasteiger partial charge in [0.05, 0.1) is 0 Å². The molecule has 10 heavy (non-hydrogen) atoms. The topological polar surface area (TPSA) is 28.7 Å². The van der Waals surface area contributed by atoms with E-state index in [2.05, 4.69) is 35.9 Å². The number of nitrogens with one attached hydrogen (secondary N) is 1. The molecule has 0 amide bonds. The minimum atomic E-state index is 0.420. The van der Waals surface area contributed by atoms with Crippen LogP contribution in [0, 0.1) is 17.8 Å². The Balaban J connectivity index is 2.66. The Morgan fingerprint density at radius 2 is 2.40 bits per heavy atom. The lowest BCUT2D eigenvalue weighted by atomic mass is 10.2. The van der Waals surface area contributed by atoms with Crippen LogP contribution < -0.4 is 0 Å². The summed E-state index contributed by atoms with van der Waals surface area (Å²) in [5, 5.41) is 6.54. The molecular formula is C8H10N2. The number of hydrogen-bond acceptors (Lipinski definition) is 1. The molecule has 1 aromatic heterocycles. The zero-order valence-electron chi connectivity index (χ0n) is 6.18. The van der Waals surface area contributed by atoms with Crippen LogP contribution >= 0.6 is 0 Å². The molecule has 0 bridgehead atoms. The molecule has 1 heterocycles. The first kappa shape index (κ1) is 6.88. The van der Waals surface area contributed by atoms with Crippen LogP contribution in [0.5, 0.6) is 0 Å². The zero-order chi connectivity index (χ0) is 7.40. The van der Waals surface area contributed by atoms with Gasteiger partial charge in [0.15, 0.2) is 0 Å². The molecule has 2 nitrogen and oxygen atoms in total. The summed E-state index contributed by atoms with van der Waals surface area (Å²) in [6, 6.07) is 1.86. The molecule has 0 saturated carbocycles. The van der Waals surface area contributed by atoms with Crippen molar-refractivity contribution < 1.29 is 0 Å². The van der Waals surface area contributed by atoms with Gasteiger partial charge in [-0.25, -0.2) is 0 Å². The number of H-pyrrole nitrogens is 1. The van der Waals surface area contributed by atoms with E-state index in [1.807, 2.05) is 6.07 Å². The first-order valence-electron chi connectivity index (χ1n) is 3.30. The predicted octanol–water partition coefficient (Wildman–Crippen LogP) is 1.42. The summed E-state index contributed by atoms with van der Waals surface area (Å²) in [5.74, 6) is 6.40. The Hall–Kier alpha value is -1.23. The standard InChI is InChI=1S/C8H10N2/c1-7(2)3-4-8-5-6-9-10-8/h5-7H,1-2H3,(H,9,10). The predicted molar refractivity (Wildman–Crippen MR) is 40.3 cm³/mol. The first-order valence-corrected chi connectivity index (χ1v) is 3.30. The van der Waals surface area contributed by atoms with Gasteiger partial charge in [-0.15, -0.1) is 0 Å². The molecule has 1 N–H and O–H groups in total. The van der Waals surface area contributed by atoms with E-state index in [0.29, 0.717) is 5.92 Å². The second-order valence-corrected chi connectivity index (χ2v) is 2.39. The van der Waals surface area contributed by atoms with Crippen molar-refractivity contribution >= 4 is 0 Å². The van der Waals surface area contributed by atoms with E-state index in [9.17, 15) is 0 Å². The molecule has 1 rings (SSSR count). The Kier molecular flexibility index (Phi) is 2.11. The van der Waals surface area contributed by atoms with Gasteiger partial charge < -0.3 is 0 Å². The SMILES string of the molecule is CC(C)C#Cc1ccn[nH]1. The van der Waals surface area contributed by atoms with Crippen molar-refractivity contribution in [3.05, 3.63) is 18.0 Å². The highest BCUT2D eigenvalue weighted by molar-refractivity contribution is 5.25. The lowest BCUT2D eigenvalue weighted by Gasteiger charge is -1.84. The zero-order valence-corrected chi connectivity index (χ0v) is 6.18. The van der Waals surface area contributed by atoms with Crippen molar-refractivity contribution in [3.63, 3.8) is 0 Å². The van der Waals surface area contributed by atoms with Crippen LogP contribution in [0.1, 0.15) is 19.5 Å². The van der Waals surface area contributed by atoms with Gasteiger partial charge in [0.2, 0.25) is 0 Å². The number of nitrogens with zero attached hydrogens (tertiary/aromatic N) is 1. The van der Waals surface area contributed by atoms with Crippen molar-refractivity contribution in [1.82, 2.24) is 10.2 Å². The van der Waals surface area contributed by atoms with Crippen LogP contribution in [0.15, 0.2) is 12.3 Å². The quantitative estimate of drug-likeness (QED) is 0.534. The molecule has 0 aliphatic carbocycles. The molecule has 0 aliphatic heterocycles. The Labute approximate surface area is 60.7 Å². The highest BCUT2D eigenvalue weighted by Crippen LogP contribution is 1.90. The average molecular weight is 134 g/mol. The van der Waals surface area contributed by atoms with E-state index in [-0.39, 0.29) is 0 Å². The van der Waals surface area contributed by atoms with Crippen molar-refractivity contribution in [1.29, 1.82) is 0 Å². The summed E-state index contributed by atoms with van der Waals surface area (Å²) >= 11 is 0. The summed E-state index contributed by atoms with van der Waals surface area (Å²) in [6.07, 6.45) is 1.70. The maximum atomic E-state index is 3.77. The van der Waals surface area contributed by atoms with Crippen molar-refractivity contribution in [2.75, 3.05) is 0 Å². The third-order valence-corrected chi connectivity index (χ3v) is 0.996. The van der Waals surface area contributed by atoms with Gasteiger partial charge in [0.1, 0.15) is 5.69 Å². The second kappa shape index (κ2) is 3.07. The lowest BCUT2D eigenvalue weighted by molar-refractivity contribution is 0.866. The summed E-state index contributed by atoms with van der Waals surface area (Å²) in [7, 11) is 0. The largest absolute Gasteiger partial charge is 0.270 e. The fourth-order valence-corrected chi connectivity index (χ4v) is 0.548. The van der Waals surface area contributed by atoms with Crippen LogP contribution in [0.4, 0.5) is 0 Å². The summed E-state index contributed by atoms with van der Waals surface area (Å²) in [4.78, 5) is 0. The average Bonchev–Trinajstić information content (AvgIpc) is 2.34. The van der Waals surface area contributed by atoms with Crippen molar-refractivity contribution in [3.8, 4) is 11.8 Å². The first-order chi connectivity index (χ1) is 4.79. The molecule has 52 valence electrons. The van der Waals surface area contributed by atoms with E-state index >= 15 is 0 Å². The lowest BCUT2D eigenvalue weighted by Crippen LogP contribution is -1.79. The minimum Gasteiger partial charge on any atom is -0.270 e. The fraction of sp³-hybridized carbons (Fsp3) is 0.375. The molecule has 0 aliphatic rings. The molecule has 0 fully saturated rings. The van der Waals surface area contributed by atoms with Crippen LogP contribution in [0.3, 0.4) is 0 Å². The van der Waals surface area contributed by atoms with E-state index < -0.39 is 0 Å². The van der Waals surface area contributed by atoms with Gasteiger partial charge in [0, 0.05) is 12.1 Å².